The molecule has 0 saturated carbocycles. The third-order valence-corrected chi connectivity index (χ3v) is 6.22. The van der Waals surface area contributed by atoms with Crippen LogP contribution in [0.1, 0.15) is 26.2 Å². The fourth-order valence-electron chi connectivity index (χ4n) is 3.05. The van der Waals surface area contributed by atoms with Crippen molar-refractivity contribution in [1.29, 1.82) is 0 Å². The van der Waals surface area contributed by atoms with E-state index in [0.29, 0.717) is 35.8 Å². The van der Waals surface area contributed by atoms with Crippen LogP contribution in [-0.2, 0) is 23.0 Å². The second-order valence-corrected chi connectivity index (χ2v) is 8.08. The van der Waals surface area contributed by atoms with E-state index in [1.165, 1.54) is 0 Å². The van der Waals surface area contributed by atoms with E-state index >= 15 is 0 Å². The van der Waals surface area contributed by atoms with Gasteiger partial charge in [0.15, 0.2) is 0 Å². The summed E-state index contributed by atoms with van der Waals surface area (Å²) in [5.74, 6) is 0. The Kier molecular flexibility index (Phi) is 13.8. The molecule has 2 fully saturated rings. The summed E-state index contributed by atoms with van der Waals surface area (Å²) in [5.41, 5.74) is 0. The Hall–Kier alpha value is 1.22. The maximum Gasteiger partial charge on any atom is 0.146 e. The second-order valence-electron chi connectivity index (χ2n) is 6.06. The summed E-state index contributed by atoms with van der Waals surface area (Å²) >= 11 is 0. The minimum Gasteiger partial charge on any atom is -0.381 e. The Bertz CT molecular complexity index is 346. The molecular formula is C15H33B2O5P3. The summed E-state index contributed by atoms with van der Waals surface area (Å²) in [6.45, 7) is 8.28. The minimum atomic E-state index is 0.192. The lowest BCUT2D eigenvalue weighted by Gasteiger charge is -2.15. The van der Waals surface area contributed by atoms with Gasteiger partial charge in [-0.15, -0.1) is 0 Å². The van der Waals surface area contributed by atoms with Crippen LogP contribution in [0.15, 0.2) is 0 Å². The first-order valence-electron chi connectivity index (χ1n) is 8.96. The van der Waals surface area contributed by atoms with E-state index in [1.54, 1.807) is 7.11 Å². The van der Waals surface area contributed by atoms with Gasteiger partial charge in [0.05, 0.1) is 24.4 Å². The van der Waals surface area contributed by atoms with Crippen LogP contribution < -0.4 is 0 Å². The van der Waals surface area contributed by atoms with Gasteiger partial charge in [-0.05, 0) is 25.9 Å². The van der Waals surface area contributed by atoms with Gasteiger partial charge in [-0.3, -0.25) is 0 Å². The predicted molar refractivity (Wildman–Crippen MR) is 114 cm³/mol. The number of ether oxygens (including phenoxy) is 2. The molecule has 5 nitrogen and oxygen atoms in total. The highest BCUT2D eigenvalue weighted by atomic mass is 31.1. The van der Waals surface area contributed by atoms with Gasteiger partial charge < -0.3 is 23.0 Å². The van der Waals surface area contributed by atoms with Crippen LogP contribution in [0, 0.1) is 0 Å². The molecule has 0 spiro atoms. The van der Waals surface area contributed by atoms with E-state index in [-0.39, 0.29) is 18.2 Å². The summed E-state index contributed by atoms with van der Waals surface area (Å²) in [7, 11) is 9.30. The van der Waals surface area contributed by atoms with Crippen LogP contribution in [0.2, 0.25) is 13.6 Å². The van der Waals surface area contributed by atoms with Crippen molar-refractivity contribution in [3.8, 4) is 0 Å². The van der Waals surface area contributed by atoms with E-state index in [9.17, 15) is 0 Å². The summed E-state index contributed by atoms with van der Waals surface area (Å²) < 4.78 is 27.4. The Labute approximate surface area is 161 Å². The fraction of sp³-hybridized carbons (Fsp3) is 1.00. The largest absolute Gasteiger partial charge is 0.381 e. The summed E-state index contributed by atoms with van der Waals surface area (Å²) in [6.07, 6.45) is 5.03. The van der Waals surface area contributed by atoms with Crippen molar-refractivity contribution < 1.29 is 23.0 Å². The summed E-state index contributed by atoms with van der Waals surface area (Å²) in [5, 5.41) is 0. The molecule has 10 heteroatoms. The monoisotopic (exact) mass is 408 g/mol. The van der Waals surface area contributed by atoms with Gasteiger partial charge in [-0.2, -0.15) is 0 Å². The molecule has 5 unspecified atom stereocenters. The van der Waals surface area contributed by atoms with Crippen molar-refractivity contribution in [2.24, 2.45) is 0 Å². The number of hydrogen-bond acceptors (Lipinski definition) is 5. The molecule has 0 amide bonds. The average Bonchev–Trinajstić information content (AvgIpc) is 3.23. The molecule has 144 valence electrons. The van der Waals surface area contributed by atoms with Crippen molar-refractivity contribution in [3.63, 3.8) is 0 Å². The van der Waals surface area contributed by atoms with Crippen molar-refractivity contribution >= 4 is 41.6 Å². The Morgan fingerprint density at radius 1 is 1.08 bits per heavy atom. The molecule has 2 radical (unpaired) electrons. The lowest BCUT2D eigenvalue weighted by atomic mass is 9.73. The predicted octanol–water partition coefficient (Wildman–Crippen LogP) is 3.14. The van der Waals surface area contributed by atoms with Gasteiger partial charge in [0, 0.05) is 52.4 Å². The minimum absolute atomic E-state index is 0.192. The zero-order valence-electron chi connectivity index (χ0n) is 16.1. The van der Waals surface area contributed by atoms with Gasteiger partial charge in [0.1, 0.15) is 14.6 Å². The Balaban J connectivity index is 0.000000251. The Morgan fingerprint density at radius 2 is 1.68 bits per heavy atom. The maximum atomic E-state index is 5.75. The lowest BCUT2D eigenvalue weighted by molar-refractivity contribution is 0.0444. The second kappa shape index (κ2) is 14.3. The summed E-state index contributed by atoms with van der Waals surface area (Å²) in [4.78, 5) is 0. The molecule has 2 saturated heterocycles. The SMILES string of the molecule is C[B][C@H]1CC(OP)[C@@H](CPOC)O1.C[B][C@H]1CC(OPC)[C@@H](CC)O1. The van der Waals surface area contributed by atoms with Crippen LogP contribution >= 0.6 is 27.1 Å². The standard InChI is InChI=1S/C8H17BO2P.C7H16BO3P2/c1-4-6-7(11-12-3)5-8(9-2)10-6;1-8-7-3-5(11-12)6(10-7)4-13-9-2/h6-8,12H,4-5H2,1-3H3;5-7,13H,3-4,12H2,1-2H3/t6-,7?,8-;5?,6-,7-/m11/s1. The highest BCUT2D eigenvalue weighted by Crippen LogP contribution is 2.29. The molecule has 0 bridgehead atoms. The topological polar surface area (TPSA) is 46.2 Å². The van der Waals surface area contributed by atoms with Crippen molar-refractivity contribution in [1.82, 2.24) is 0 Å². The lowest BCUT2D eigenvalue weighted by Crippen LogP contribution is -2.23. The zero-order valence-corrected chi connectivity index (χ0v) is 19.2. The molecule has 2 rings (SSSR count). The quantitative estimate of drug-likeness (QED) is 0.434. The van der Waals surface area contributed by atoms with Crippen molar-refractivity contribution in [3.05, 3.63) is 0 Å². The molecule has 0 aromatic rings. The van der Waals surface area contributed by atoms with E-state index in [2.05, 4.69) is 37.6 Å². The molecule has 0 aromatic heterocycles. The Morgan fingerprint density at radius 3 is 2.16 bits per heavy atom. The smallest absolute Gasteiger partial charge is 0.146 e. The van der Waals surface area contributed by atoms with Crippen LogP contribution in [0.5, 0.6) is 0 Å². The molecule has 2 heterocycles. The van der Waals surface area contributed by atoms with E-state index in [1.807, 2.05) is 13.6 Å². The first kappa shape index (κ1) is 24.3. The number of rotatable bonds is 9. The van der Waals surface area contributed by atoms with E-state index in [0.717, 1.165) is 25.4 Å². The third kappa shape index (κ3) is 8.41. The van der Waals surface area contributed by atoms with E-state index in [4.69, 9.17) is 23.0 Å². The van der Waals surface area contributed by atoms with Crippen molar-refractivity contribution in [2.45, 2.75) is 76.3 Å². The first-order chi connectivity index (χ1) is 12.1. The van der Waals surface area contributed by atoms with Gasteiger partial charge in [0.2, 0.25) is 0 Å². The summed E-state index contributed by atoms with van der Waals surface area (Å²) in [6, 6.07) is 0.563. The normalized spacial score (nSPS) is 35.4. The average molecular weight is 408 g/mol. The maximum absolute atomic E-state index is 5.75. The van der Waals surface area contributed by atoms with Crippen molar-refractivity contribution in [2.75, 3.05) is 19.9 Å². The first-order valence-corrected chi connectivity index (χ1v) is 12.0. The van der Waals surface area contributed by atoms with Crippen LogP contribution in [0.3, 0.4) is 0 Å². The van der Waals surface area contributed by atoms with Crippen LogP contribution in [0.25, 0.3) is 0 Å². The molecule has 2 aliphatic heterocycles. The van der Waals surface area contributed by atoms with Crippen LogP contribution in [0.4, 0.5) is 0 Å². The molecule has 0 aromatic carbocycles. The van der Waals surface area contributed by atoms with E-state index < -0.39 is 0 Å². The molecule has 9 atom stereocenters. The van der Waals surface area contributed by atoms with Gasteiger partial charge in [-0.25, -0.2) is 0 Å². The molecule has 0 N–H and O–H groups in total. The highest BCUT2D eigenvalue weighted by molar-refractivity contribution is 7.32. The zero-order chi connectivity index (χ0) is 18.7. The number of hydrogen-bond donors (Lipinski definition) is 0. The third-order valence-electron chi connectivity index (χ3n) is 4.48. The molecule has 2 aliphatic rings. The van der Waals surface area contributed by atoms with Gasteiger partial charge in [0.25, 0.3) is 0 Å². The molecule has 0 aliphatic carbocycles. The van der Waals surface area contributed by atoms with Gasteiger partial charge in [-0.1, -0.05) is 20.6 Å². The fourth-order valence-corrected chi connectivity index (χ4v) is 4.58. The molecular weight excluding hydrogens is 375 g/mol. The van der Waals surface area contributed by atoms with Crippen LogP contribution in [-0.4, -0.2) is 70.9 Å². The molecule has 25 heavy (non-hydrogen) atoms. The van der Waals surface area contributed by atoms with Gasteiger partial charge >= 0.3 is 0 Å². The highest BCUT2D eigenvalue weighted by Gasteiger charge is 2.34.